The third kappa shape index (κ3) is 5.22. The Kier molecular flexibility index (Phi) is 6.89. The average molecular weight is 383 g/mol. The van der Waals surface area contributed by atoms with E-state index in [4.69, 9.17) is 0 Å². The Hall–Kier alpha value is -2.14. The van der Waals surface area contributed by atoms with Crippen molar-refractivity contribution in [2.24, 2.45) is 13.0 Å². The fourth-order valence-corrected chi connectivity index (χ4v) is 4.12. The average Bonchev–Trinajstić information content (AvgIpc) is 2.94. The van der Waals surface area contributed by atoms with Gasteiger partial charge in [0.15, 0.2) is 0 Å². The molecule has 0 bridgehead atoms. The summed E-state index contributed by atoms with van der Waals surface area (Å²) >= 11 is 0. The van der Waals surface area contributed by atoms with Crippen molar-refractivity contribution in [1.82, 2.24) is 19.6 Å². The molecule has 1 aliphatic rings. The van der Waals surface area contributed by atoms with Crippen molar-refractivity contribution in [2.45, 2.75) is 46.1 Å². The zero-order valence-corrected chi connectivity index (χ0v) is 17.8. The van der Waals surface area contributed by atoms with Gasteiger partial charge in [0, 0.05) is 44.9 Å². The lowest BCUT2D eigenvalue weighted by molar-refractivity contribution is -0.131. The Bertz CT molecular complexity index is 775. The number of nitrogens with zero attached hydrogens (tertiary/aromatic N) is 4. The summed E-state index contributed by atoms with van der Waals surface area (Å²) in [6.07, 6.45) is 4.02. The maximum absolute atomic E-state index is 12.7. The second-order valence-corrected chi connectivity index (χ2v) is 8.25. The highest BCUT2D eigenvalue weighted by Gasteiger charge is 2.23. The van der Waals surface area contributed by atoms with E-state index in [0.717, 1.165) is 50.3 Å². The minimum absolute atomic E-state index is 0.255. The van der Waals surface area contributed by atoms with E-state index in [1.165, 1.54) is 11.1 Å². The quantitative estimate of drug-likeness (QED) is 0.737. The highest BCUT2D eigenvalue weighted by Crippen LogP contribution is 2.22. The first-order valence-corrected chi connectivity index (χ1v) is 10.4. The fraction of sp³-hybridized carbons (Fsp3) is 0.565. The molecule has 1 aromatic carbocycles. The first kappa shape index (κ1) is 20.6. The third-order valence-electron chi connectivity index (χ3n) is 6.21. The van der Waals surface area contributed by atoms with Crippen LogP contribution in [0.25, 0.3) is 0 Å². The van der Waals surface area contributed by atoms with Crippen molar-refractivity contribution in [3.05, 3.63) is 52.8 Å². The maximum Gasteiger partial charge on any atom is 0.222 e. The first-order valence-electron chi connectivity index (χ1n) is 10.4. The molecule has 5 nitrogen and oxygen atoms in total. The molecule has 1 amide bonds. The Morgan fingerprint density at radius 3 is 2.46 bits per heavy atom. The minimum atomic E-state index is 0.255. The number of hydrogen-bond donors (Lipinski definition) is 0. The van der Waals surface area contributed by atoms with E-state index in [0.29, 0.717) is 18.9 Å². The number of benzene rings is 1. The largest absolute Gasteiger partial charge is 0.341 e. The summed E-state index contributed by atoms with van der Waals surface area (Å²) in [6, 6.07) is 10.7. The molecule has 2 aromatic rings. The van der Waals surface area contributed by atoms with Crippen LogP contribution >= 0.6 is 0 Å². The maximum atomic E-state index is 12.7. The van der Waals surface area contributed by atoms with Crippen molar-refractivity contribution in [3.63, 3.8) is 0 Å². The minimum Gasteiger partial charge on any atom is -0.341 e. The van der Waals surface area contributed by atoms with E-state index in [9.17, 15) is 4.79 Å². The van der Waals surface area contributed by atoms with Gasteiger partial charge in [-0.25, -0.2) is 0 Å². The lowest BCUT2D eigenvalue weighted by Crippen LogP contribution is -2.37. The predicted octanol–water partition coefficient (Wildman–Crippen LogP) is 3.34. The molecule has 5 heteroatoms. The van der Waals surface area contributed by atoms with Crippen LogP contribution in [0.3, 0.4) is 0 Å². The second-order valence-electron chi connectivity index (χ2n) is 8.25. The van der Waals surface area contributed by atoms with Gasteiger partial charge in [-0.05, 0) is 57.7 Å². The van der Waals surface area contributed by atoms with Gasteiger partial charge in [0.05, 0.1) is 5.69 Å². The van der Waals surface area contributed by atoms with Crippen LogP contribution < -0.4 is 0 Å². The molecule has 0 saturated carbocycles. The summed E-state index contributed by atoms with van der Waals surface area (Å²) < 4.78 is 1.90. The monoisotopic (exact) mass is 382 g/mol. The standard InChI is InChI=1S/C23H34N4O/c1-18-22(19(2)26(4)24-18)17-25(3)23(28)16-21-11-14-27(15-12-21)13-10-20-8-6-5-7-9-20/h5-9,21H,10-17H2,1-4H3. The van der Waals surface area contributed by atoms with E-state index in [1.807, 2.05) is 30.6 Å². The zero-order chi connectivity index (χ0) is 20.1. The molecule has 3 rings (SSSR count). The van der Waals surface area contributed by atoms with Gasteiger partial charge in [-0.1, -0.05) is 30.3 Å². The number of aryl methyl sites for hydroxylation is 2. The topological polar surface area (TPSA) is 41.4 Å². The molecule has 2 heterocycles. The van der Waals surface area contributed by atoms with E-state index >= 15 is 0 Å². The summed E-state index contributed by atoms with van der Waals surface area (Å²) in [5.41, 5.74) is 4.74. The number of aromatic nitrogens is 2. The molecule has 0 radical (unpaired) electrons. The van der Waals surface area contributed by atoms with E-state index in [1.54, 1.807) is 0 Å². The van der Waals surface area contributed by atoms with Crippen LogP contribution in [0.2, 0.25) is 0 Å². The fourth-order valence-electron chi connectivity index (χ4n) is 4.12. The van der Waals surface area contributed by atoms with Gasteiger partial charge >= 0.3 is 0 Å². The van der Waals surface area contributed by atoms with Gasteiger partial charge < -0.3 is 9.80 Å². The Morgan fingerprint density at radius 2 is 1.86 bits per heavy atom. The number of hydrogen-bond acceptors (Lipinski definition) is 3. The number of likely N-dealkylation sites (tertiary alicyclic amines) is 1. The molecule has 1 aliphatic heterocycles. The molecule has 1 aromatic heterocycles. The lowest BCUT2D eigenvalue weighted by atomic mass is 9.92. The number of amides is 1. The Balaban J connectivity index is 1.41. The number of carbonyl (C=O) groups excluding carboxylic acids is 1. The van der Waals surface area contributed by atoms with Crippen molar-refractivity contribution in [2.75, 3.05) is 26.7 Å². The smallest absolute Gasteiger partial charge is 0.222 e. The van der Waals surface area contributed by atoms with E-state index in [-0.39, 0.29) is 5.91 Å². The van der Waals surface area contributed by atoms with Crippen LogP contribution in [0, 0.1) is 19.8 Å². The molecule has 1 saturated heterocycles. The SMILES string of the molecule is Cc1nn(C)c(C)c1CN(C)C(=O)CC1CCN(CCc2ccccc2)CC1. The van der Waals surface area contributed by atoms with Crippen LogP contribution in [0.1, 0.15) is 41.8 Å². The summed E-state index contributed by atoms with van der Waals surface area (Å²) in [6.45, 7) is 8.07. The summed E-state index contributed by atoms with van der Waals surface area (Å²) in [7, 11) is 3.88. The number of piperidine rings is 1. The Morgan fingerprint density at radius 1 is 1.18 bits per heavy atom. The molecular formula is C23H34N4O. The van der Waals surface area contributed by atoms with Crippen LogP contribution in [0.4, 0.5) is 0 Å². The highest BCUT2D eigenvalue weighted by atomic mass is 16.2. The molecule has 0 atom stereocenters. The first-order chi connectivity index (χ1) is 13.4. The molecule has 28 heavy (non-hydrogen) atoms. The Labute approximate surface area is 169 Å². The van der Waals surface area contributed by atoms with Gasteiger partial charge in [0.25, 0.3) is 0 Å². The lowest BCUT2D eigenvalue weighted by Gasteiger charge is -2.32. The van der Waals surface area contributed by atoms with E-state index in [2.05, 4.69) is 47.3 Å². The normalized spacial score (nSPS) is 15.7. The van der Waals surface area contributed by atoms with Crippen molar-refractivity contribution in [3.8, 4) is 0 Å². The molecule has 152 valence electrons. The van der Waals surface area contributed by atoms with Crippen molar-refractivity contribution >= 4 is 5.91 Å². The molecule has 0 N–H and O–H groups in total. The van der Waals surface area contributed by atoms with Gasteiger partial charge in [0.1, 0.15) is 0 Å². The van der Waals surface area contributed by atoms with Crippen molar-refractivity contribution < 1.29 is 4.79 Å². The van der Waals surface area contributed by atoms with Crippen LogP contribution in [0.5, 0.6) is 0 Å². The molecule has 0 aliphatic carbocycles. The predicted molar refractivity (Wildman–Crippen MR) is 113 cm³/mol. The molecule has 1 fully saturated rings. The number of carbonyl (C=O) groups is 1. The summed E-state index contributed by atoms with van der Waals surface area (Å²) in [5.74, 6) is 0.768. The van der Waals surface area contributed by atoms with E-state index < -0.39 is 0 Å². The van der Waals surface area contributed by atoms with Gasteiger partial charge in [-0.2, -0.15) is 5.10 Å². The summed E-state index contributed by atoms with van der Waals surface area (Å²) in [5, 5.41) is 4.46. The van der Waals surface area contributed by atoms with Gasteiger partial charge in [-0.3, -0.25) is 9.48 Å². The number of rotatable bonds is 7. The van der Waals surface area contributed by atoms with Gasteiger partial charge in [0.2, 0.25) is 5.91 Å². The zero-order valence-electron chi connectivity index (χ0n) is 17.8. The third-order valence-corrected chi connectivity index (χ3v) is 6.21. The van der Waals surface area contributed by atoms with Crippen molar-refractivity contribution in [1.29, 1.82) is 0 Å². The van der Waals surface area contributed by atoms with Gasteiger partial charge in [-0.15, -0.1) is 0 Å². The second kappa shape index (κ2) is 9.37. The molecule has 0 spiro atoms. The summed E-state index contributed by atoms with van der Waals surface area (Å²) in [4.78, 5) is 17.1. The molecular weight excluding hydrogens is 348 g/mol. The highest BCUT2D eigenvalue weighted by molar-refractivity contribution is 5.76. The van der Waals surface area contributed by atoms with Crippen LogP contribution in [0.15, 0.2) is 30.3 Å². The van der Waals surface area contributed by atoms with Crippen LogP contribution in [-0.4, -0.2) is 52.2 Å². The molecule has 0 unspecified atom stereocenters. The van der Waals surface area contributed by atoms with Crippen LogP contribution in [-0.2, 0) is 24.8 Å².